The summed E-state index contributed by atoms with van der Waals surface area (Å²) in [6.45, 7) is 19.6. The summed E-state index contributed by atoms with van der Waals surface area (Å²) in [7, 11) is 0. The lowest BCUT2D eigenvalue weighted by Crippen LogP contribution is -2.39. The number of hydrogen-bond donors (Lipinski definition) is 1. The fourth-order valence-corrected chi connectivity index (χ4v) is 5.25. The second-order valence-corrected chi connectivity index (χ2v) is 15.6. The van der Waals surface area contributed by atoms with Gasteiger partial charge >= 0.3 is 18.3 Å². The van der Waals surface area contributed by atoms with Gasteiger partial charge in [-0.1, -0.05) is 60.2 Å². The summed E-state index contributed by atoms with van der Waals surface area (Å²) in [6, 6.07) is 20.1. The molecule has 0 unspecified atom stereocenters. The number of aromatic nitrogens is 1. The van der Waals surface area contributed by atoms with Crippen LogP contribution in [0.25, 0.3) is 0 Å². The summed E-state index contributed by atoms with van der Waals surface area (Å²) in [6.07, 6.45) is 2.95. The molecule has 1 aliphatic rings. The zero-order chi connectivity index (χ0) is 38.0. The molecule has 0 radical (unpaired) electrons. The van der Waals surface area contributed by atoms with Crippen molar-refractivity contribution in [2.45, 2.75) is 111 Å². The van der Waals surface area contributed by atoms with Crippen molar-refractivity contribution in [3.63, 3.8) is 0 Å². The third-order valence-corrected chi connectivity index (χ3v) is 7.38. The van der Waals surface area contributed by atoms with Gasteiger partial charge in [0.15, 0.2) is 0 Å². The molecule has 1 aromatic heterocycles. The van der Waals surface area contributed by atoms with Gasteiger partial charge in [0, 0.05) is 19.3 Å². The molecule has 4 rings (SSSR count). The molecule has 3 aromatic rings. The maximum absolute atomic E-state index is 13.4. The number of aryl methyl sites for hydroxylation is 1. The predicted molar refractivity (Wildman–Crippen MR) is 198 cm³/mol. The molecule has 276 valence electrons. The molecule has 0 atom stereocenters. The zero-order valence-electron chi connectivity index (χ0n) is 31.7. The minimum absolute atomic E-state index is 0.0594. The van der Waals surface area contributed by atoms with Crippen molar-refractivity contribution in [2.75, 3.05) is 18.0 Å². The molecule has 0 aliphatic carbocycles. The van der Waals surface area contributed by atoms with Gasteiger partial charge in [0.05, 0.1) is 24.0 Å². The molecular formula is C40H54N4O7. The van der Waals surface area contributed by atoms with Gasteiger partial charge in [0.25, 0.3) is 5.91 Å². The number of hydrogen-bond acceptors (Lipinski definition) is 8. The molecular weight excluding hydrogens is 648 g/mol. The first-order valence-electron chi connectivity index (χ1n) is 17.3. The number of ether oxygens (including phenoxy) is 3. The lowest BCUT2D eigenvalue weighted by atomic mass is 9.88. The molecule has 0 saturated carbocycles. The number of benzene rings is 2. The highest BCUT2D eigenvalue weighted by molar-refractivity contribution is 5.96. The van der Waals surface area contributed by atoms with Gasteiger partial charge in [-0.15, -0.1) is 0 Å². The molecule has 1 aliphatic heterocycles. The van der Waals surface area contributed by atoms with Gasteiger partial charge in [0.1, 0.15) is 16.8 Å². The van der Waals surface area contributed by atoms with Crippen molar-refractivity contribution in [3.05, 3.63) is 95.3 Å². The van der Waals surface area contributed by atoms with E-state index in [2.05, 4.69) is 36.2 Å². The first-order valence-corrected chi connectivity index (χ1v) is 17.3. The number of nitrogens with one attached hydrogen (secondary N) is 1. The molecule has 2 heterocycles. The van der Waals surface area contributed by atoms with Crippen LogP contribution in [0.4, 0.5) is 20.1 Å². The lowest BCUT2D eigenvalue weighted by molar-refractivity contribution is 0.0352. The van der Waals surface area contributed by atoms with Crippen LogP contribution in [0, 0.1) is 6.92 Å². The van der Waals surface area contributed by atoms with Crippen LogP contribution in [0.3, 0.4) is 0 Å². The highest BCUT2D eigenvalue weighted by atomic mass is 16.6. The van der Waals surface area contributed by atoms with E-state index in [0.29, 0.717) is 36.8 Å². The number of carbonyl (C=O) groups is 4. The second kappa shape index (κ2) is 17.3. The van der Waals surface area contributed by atoms with Gasteiger partial charge < -0.3 is 19.1 Å². The second-order valence-electron chi connectivity index (χ2n) is 15.6. The van der Waals surface area contributed by atoms with E-state index in [4.69, 9.17) is 14.2 Å². The van der Waals surface area contributed by atoms with Crippen LogP contribution >= 0.6 is 0 Å². The number of pyridine rings is 1. The summed E-state index contributed by atoms with van der Waals surface area (Å²) >= 11 is 0. The van der Waals surface area contributed by atoms with Gasteiger partial charge in [0.2, 0.25) is 0 Å². The van der Waals surface area contributed by atoms with Crippen LogP contribution in [-0.4, -0.2) is 64.0 Å². The summed E-state index contributed by atoms with van der Waals surface area (Å²) in [5.74, 6) is 0.405. The molecule has 51 heavy (non-hydrogen) atoms. The number of carbonyl (C=O) groups excluding carboxylic acids is 4. The van der Waals surface area contributed by atoms with Gasteiger partial charge in [-0.05, 0) is 105 Å². The first-order chi connectivity index (χ1) is 23.7. The van der Waals surface area contributed by atoms with Crippen molar-refractivity contribution in [1.82, 2.24) is 15.2 Å². The number of anilines is 1. The van der Waals surface area contributed by atoms with Gasteiger partial charge in [-0.2, -0.15) is 0 Å². The molecule has 11 nitrogen and oxygen atoms in total. The fraction of sp³-hybridized carbons (Fsp3) is 0.475. The molecule has 4 amide bonds. The number of rotatable bonds is 5. The molecule has 1 fully saturated rings. The van der Waals surface area contributed by atoms with E-state index in [1.807, 2.05) is 61.3 Å². The molecule has 2 aromatic carbocycles. The highest BCUT2D eigenvalue weighted by Gasteiger charge is 2.28. The number of piperidine rings is 1. The average Bonchev–Trinajstić information content (AvgIpc) is 3.01. The smallest absolute Gasteiger partial charge is 0.417 e. The Bertz CT molecular complexity index is 1600. The van der Waals surface area contributed by atoms with E-state index in [1.54, 1.807) is 60.0 Å². The number of alkyl carbamates (subject to hydrolysis) is 2. The Balaban J connectivity index is 0.000000396. The quantitative estimate of drug-likeness (QED) is 0.262. The molecule has 11 heteroatoms. The number of amides is 4. The Labute approximate surface area is 302 Å². The number of likely N-dealkylation sites (tertiary alicyclic amines) is 1. The first kappa shape index (κ1) is 40.5. The molecule has 0 spiro atoms. The Kier molecular flexibility index (Phi) is 13.8. The van der Waals surface area contributed by atoms with Crippen LogP contribution in [0.1, 0.15) is 108 Å². The van der Waals surface area contributed by atoms with E-state index in [0.717, 1.165) is 18.4 Å². The molecule has 1 saturated heterocycles. The minimum atomic E-state index is -0.809. The summed E-state index contributed by atoms with van der Waals surface area (Å²) in [5.41, 5.74) is 2.67. The molecule has 1 N–H and O–H groups in total. The Hall–Kier alpha value is -4.93. The predicted octanol–water partition coefficient (Wildman–Crippen LogP) is 8.80. The Morgan fingerprint density at radius 2 is 1.33 bits per heavy atom. The van der Waals surface area contributed by atoms with Crippen molar-refractivity contribution in [3.8, 4) is 0 Å². The van der Waals surface area contributed by atoms with Crippen molar-refractivity contribution < 1.29 is 33.4 Å². The zero-order valence-corrected chi connectivity index (χ0v) is 31.7. The normalized spacial score (nSPS) is 13.6. The largest absolute Gasteiger partial charge is 0.443 e. The standard InChI is InChI=1S/C30H35N3O3.C10H19NO4/c1-22-9-8-12-25(17-22)24-13-15-32(16-14-24)28(34)26-18-27(20-31-19-26)33(29(35)36-30(2,3)4)21-23-10-6-5-7-11-23;1-9(2,3)14-7(12)11-8(13)15-10(4,5)6/h5-12,17-20,24H,13-16,21H2,1-4H3;1-6H3,(H,11,12,13). The maximum Gasteiger partial charge on any atom is 0.417 e. The average molecular weight is 703 g/mol. The van der Waals surface area contributed by atoms with Crippen molar-refractivity contribution in [2.24, 2.45) is 0 Å². The Morgan fingerprint density at radius 3 is 1.86 bits per heavy atom. The number of imide groups is 1. The highest BCUT2D eigenvalue weighted by Crippen LogP contribution is 2.30. The van der Waals surface area contributed by atoms with E-state index in [-0.39, 0.29) is 5.91 Å². The number of nitrogens with zero attached hydrogens (tertiary/aromatic N) is 3. The Morgan fingerprint density at radius 1 is 0.765 bits per heavy atom. The van der Waals surface area contributed by atoms with Crippen LogP contribution < -0.4 is 10.2 Å². The summed E-state index contributed by atoms with van der Waals surface area (Å²) < 4.78 is 15.4. The summed E-state index contributed by atoms with van der Waals surface area (Å²) in [5, 5.41) is 1.97. The van der Waals surface area contributed by atoms with Crippen LogP contribution in [0.5, 0.6) is 0 Å². The fourth-order valence-electron chi connectivity index (χ4n) is 5.25. The third-order valence-electron chi connectivity index (χ3n) is 7.38. The van der Waals surface area contributed by atoms with Crippen molar-refractivity contribution in [1.29, 1.82) is 0 Å². The van der Waals surface area contributed by atoms with E-state index in [1.165, 1.54) is 16.0 Å². The third kappa shape index (κ3) is 14.4. The van der Waals surface area contributed by atoms with Crippen LogP contribution in [0.2, 0.25) is 0 Å². The summed E-state index contributed by atoms with van der Waals surface area (Å²) in [4.78, 5) is 56.5. The van der Waals surface area contributed by atoms with E-state index in [9.17, 15) is 19.2 Å². The monoisotopic (exact) mass is 702 g/mol. The van der Waals surface area contributed by atoms with Crippen LogP contribution in [0.15, 0.2) is 73.1 Å². The topological polar surface area (TPSA) is 127 Å². The van der Waals surface area contributed by atoms with E-state index < -0.39 is 35.1 Å². The van der Waals surface area contributed by atoms with E-state index >= 15 is 0 Å². The lowest BCUT2D eigenvalue weighted by Gasteiger charge is -2.32. The molecule has 0 bridgehead atoms. The van der Waals surface area contributed by atoms with Gasteiger partial charge in [-0.3, -0.25) is 14.7 Å². The SMILES string of the molecule is CC(C)(C)OC(=O)NC(=O)OC(C)(C)C.Cc1cccc(C2CCN(C(=O)c3cncc(N(Cc4ccccc4)C(=O)OC(C)(C)C)c3)CC2)c1. The minimum Gasteiger partial charge on any atom is -0.443 e. The van der Waals surface area contributed by atoms with Gasteiger partial charge in [-0.25, -0.2) is 19.7 Å². The maximum atomic E-state index is 13.4. The van der Waals surface area contributed by atoms with Crippen LogP contribution in [-0.2, 0) is 20.8 Å². The van der Waals surface area contributed by atoms with Crippen molar-refractivity contribution >= 4 is 29.9 Å².